The summed E-state index contributed by atoms with van der Waals surface area (Å²) >= 11 is -4.92. The number of halogens is 2. The number of rotatable bonds is 7. The van der Waals surface area contributed by atoms with Crippen molar-refractivity contribution in [3.63, 3.8) is 0 Å². The van der Waals surface area contributed by atoms with Crippen LogP contribution in [0, 0.1) is 0 Å². The Morgan fingerprint density at radius 2 is 0.775 bits per heavy atom. The van der Waals surface area contributed by atoms with E-state index in [1.807, 2.05) is 0 Å². The van der Waals surface area contributed by atoms with Crippen LogP contribution in [0.2, 0.25) is 20.4 Å². The molecule has 0 nitrogen and oxygen atoms in total. The Hall–Kier alpha value is -2.49. The van der Waals surface area contributed by atoms with Crippen LogP contribution < -0.4 is 0 Å². The zero-order valence-corrected chi connectivity index (χ0v) is 29.1. The van der Waals surface area contributed by atoms with E-state index >= 15 is 0 Å². The van der Waals surface area contributed by atoms with Crippen LogP contribution in [-0.4, -0.2) is 5.98 Å². The average Bonchev–Trinajstić information content (AvgIpc) is 3.67. The van der Waals surface area contributed by atoms with Crippen molar-refractivity contribution in [1.82, 2.24) is 0 Å². The van der Waals surface area contributed by atoms with Crippen molar-refractivity contribution in [2.24, 2.45) is 0 Å². The number of allylic oxidation sites excluding steroid dienone is 8. The third kappa shape index (κ3) is 4.84. The van der Waals surface area contributed by atoms with Gasteiger partial charge in [0.05, 0.1) is 0 Å². The Bertz CT molecular complexity index is 1520. The minimum absolute atomic E-state index is 0.0214. The summed E-state index contributed by atoms with van der Waals surface area (Å²) in [5, 5.41) is 0. The van der Waals surface area contributed by atoms with Gasteiger partial charge in [-0.2, -0.15) is 0 Å². The second kappa shape index (κ2) is 11.1. The molecule has 0 aliphatic heterocycles. The zero-order valence-electron chi connectivity index (χ0n) is 22.8. The van der Waals surface area contributed by atoms with Gasteiger partial charge in [0, 0.05) is 0 Å². The van der Waals surface area contributed by atoms with Gasteiger partial charge in [-0.15, -0.1) is 0 Å². The first kappa shape index (κ1) is 27.7. The molecule has 0 saturated heterocycles. The van der Waals surface area contributed by atoms with E-state index < -0.39 is 21.3 Å². The first-order chi connectivity index (χ1) is 19.4. The summed E-state index contributed by atoms with van der Waals surface area (Å²) in [7, 11) is 16.8. The second-order valence-corrected chi connectivity index (χ2v) is 70.8. The maximum atomic E-state index is 8.41. The summed E-state index contributed by atoms with van der Waals surface area (Å²) in [6, 6.07) is 42.8. The number of benzene rings is 4. The third-order valence-corrected chi connectivity index (χ3v) is 81.7. The van der Waals surface area contributed by atoms with Gasteiger partial charge < -0.3 is 0 Å². The van der Waals surface area contributed by atoms with E-state index in [0.717, 1.165) is 0 Å². The Morgan fingerprint density at radius 1 is 0.475 bits per heavy atom. The molecule has 0 saturated carbocycles. The molecule has 2 unspecified atom stereocenters. The molecule has 4 aromatic rings. The molecule has 40 heavy (non-hydrogen) atoms. The topological polar surface area (TPSA) is 0 Å². The summed E-state index contributed by atoms with van der Waals surface area (Å²) < 4.78 is 0.0428. The van der Waals surface area contributed by atoms with E-state index in [0.29, 0.717) is 0 Å². The molecule has 2 aliphatic carbocycles. The van der Waals surface area contributed by atoms with Crippen LogP contribution in [-0.2, 0) is 15.3 Å². The third-order valence-electron chi connectivity index (χ3n) is 8.70. The van der Waals surface area contributed by atoms with Crippen LogP contribution in [0.3, 0.4) is 0 Å². The van der Waals surface area contributed by atoms with Gasteiger partial charge in [0.2, 0.25) is 0 Å². The second-order valence-electron chi connectivity index (χ2n) is 11.2. The average molecular weight is 743 g/mol. The predicted molar refractivity (Wildman–Crippen MR) is 176 cm³/mol. The Kier molecular flexibility index (Phi) is 7.65. The van der Waals surface area contributed by atoms with Crippen molar-refractivity contribution in [3.05, 3.63) is 168 Å². The molecule has 2 aliphatic rings. The van der Waals surface area contributed by atoms with Crippen molar-refractivity contribution < 1.29 is 15.3 Å². The summed E-state index contributed by atoms with van der Waals surface area (Å²) in [6.45, 7) is 4.78. The molecule has 2 atom stereocenters. The molecule has 0 aromatic heterocycles. The van der Waals surface area contributed by atoms with Crippen molar-refractivity contribution >= 4 is 45.4 Å². The van der Waals surface area contributed by atoms with E-state index in [2.05, 4.69) is 159 Å². The maximum absolute atomic E-state index is 8.41. The number of hydrogen-bond donors (Lipinski definition) is 0. The van der Waals surface area contributed by atoms with Gasteiger partial charge in [-0.1, -0.05) is 0 Å². The van der Waals surface area contributed by atoms with Crippen molar-refractivity contribution in [3.8, 4) is 0 Å². The summed E-state index contributed by atoms with van der Waals surface area (Å²) in [4.78, 5) is 0. The Morgan fingerprint density at radius 3 is 1.07 bits per heavy atom. The molecule has 199 valence electrons. The molecule has 0 heterocycles. The summed E-state index contributed by atoms with van der Waals surface area (Å²) in [5.41, 5.74) is 9.83. The van der Waals surface area contributed by atoms with E-state index in [4.69, 9.17) is 17.2 Å². The summed E-state index contributed by atoms with van der Waals surface area (Å²) in [6.07, 6.45) is 9.57. The fourth-order valence-electron chi connectivity index (χ4n) is 6.38. The van der Waals surface area contributed by atoms with Gasteiger partial charge in [-0.3, -0.25) is 0 Å². The van der Waals surface area contributed by atoms with Crippen LogP contribution in [0.1, 0.15) is 22.3 Å². The molecule has 0 spiro atoms. The van der Waals surface area contributed by atoms with Crippen molar-refractivity contribution in [1.29, 1.82) is 0 Å². The Balaban J connectivity index is 1.58. The van der Waals surface area contributed by atoms with E-state index in [1.54, 1.807) is 0 Å². The van der Waals surface area contributed by atoms with Crippen molar-refractivity contribution in [2.45, 2.75) is 20.4 Å². The van der Waals surface area contributed by atoms with Crippen molar-refractivity contribution in [2.75, 3.05) is 0 Å². The van der Waals surface area contributed by atoms with E-state index in [-0.39, 0.29) is 7.35 Å². The van der Waals surface area contributed by atoms with Crippen LogP contribution in [0.4, 0.5) is 0 Å². The minimum atomic E-state index is -4.92. The fourth-order valence-corrected chi connectivity index (χ4v) is 44.8. The number of hydrogen-bond acceptors (Lipinski definition) is 0. The Labute approximate surface area is 247 Å². The van der Waals surface area contributed by atoms with Crippen LogP contribution in [0.5, 0.6) is 0 Å². The van der Waals surface area contributed by atoms with Gasteiger partial charge in [-0.05, 0) is 0 Å². The molecule has 0 fully saturated rings. The summed E-state index contributed by atoms with van der Waals surface area (Å²) in [5.74, 6) is -1.61. The standard InChI is InChI=1S/2C17H13.C2H7Si.2ClH.Hf/c2*1-3-7-14(8-4-1)16-11-12-17(13-16)15-9-5-2-6-10-15;1-3-2;;;/h2*1-13H;3H,1-2H3;2*1H;/q;;;;;+2/p-2. The first-order valence-electron chi connectivity index (χ1n) is 14.0. The van der Waals surface area contributed by atoms with Crippen LogP contribution >= 0.6 is 17.2 Å². The quantitative estimate of drug-likeness (QED) is 0.165. The SMILES string of the molecule is C[SiH](C)[Hf]([Cl])([Cl])([CH]1C=C(c2ccccc2)C=C1c1ccccc1)[CH]1C=C(c2ccccc2)C=C1c1ccccc1. The zero-order chi connectivity index (χ0) is 27.8. The molecule has 0 amide bonds. The molecule has 0 bridgehead atoms. The van der Waals surface area contributed by atoms with E-state index in [1.165, 1.54) is 44.5 Å². The normalized spacial score (nSPS) is 19.9. The molecular weight excluding hydrogens is 710 g/mol. The first-order valence-corrected chi connectivity index (χ1v) is 36.2. The van der Waals surface area contributed by atoms with Gasteiger partial charge in [-0.25, -0.2) is 0 Å². The molecule has 4 aromatic carbocycles. The molecular formula is C36H33Cl2HfSi. The monoisotopic (exact) mass is 743 g/mol. The fraction of sp³-hybridized carbons (Fsp3) is 0.111. The predicted octanol–water partition coefficient (Wildman–Crippen LogP) is 10.9. The van der Waals surface area contributed by atoms with Gasteiger partial charge in [0.25, 0.3) is 0 Å². The van der Waals surface area contributed by atoms with Gasteiger partial charge >= 0.3 is 249 Å². The molecule has 0 radical (unpaired) electrons. The van der Waals surface area contributed by atoms with Crippen LogP contribution in [0.25, 0.3) is 22.3 Å². The molecule has 6 rings (SSSR count). The van der Waals surface area contributed by atoms with Crippen LogP contribution in [0.15, 0.2) is 146 Å². The molecule has 0 N–H and O–H groups in total. The van der Waals surface area contributed by atoms with E-state index in [9.17, 15) is 0 Å². The van der Waals surface area contributed by atoms with Gasteiger partial charge in [0.1, 0.15) is 0 Å². The molecule has 4 heteroatoms. The van der Waals surface area contributed by atoms with Gasteiger partial charge in [0.15, 0.2) is 0 Å².